The number of nitrogens with one attached hydrogen (secondary N) is 1. The van der Waals surface area contributed by atoms with Crippen LogP contribution in [0.3, 0.4) is 0 Å². The molecule has 0 spiro atoms. The fourth-order valence-electron chi connectivity index (χ4n) is 1.83. The van der Waals surface area contributed by atoms with E-state index in [-0.39, 0.29) is 0 Å². The van der Waals surface area contributed by atoms with Crippen LogP contribution < -0.4 is 10.2 Å². The number of rotatable bonds is 6. The fourth-order valence-corrected chi connectivity index (χ4v) is 1.83. The Balaban J connectivity index is 2.02. The number of hydrogen-bond acceptors (Lipinski definition) is 5. The first-order chi connectivity index (χ1) is 11.9. The zero-order valence-electron chi connectivity index (χ0n) is 14.2. The Kier molecular flexibility index (Phi) is 5.74. The van der Waals surface area contributed by atoms with Crippen LogP contribution in [-0.2, 0) is 14.4 Å². The topological polar surface area (TPSA) is 64.6 Å². The molecule has 1 N–H and O–H groups in total. The smallest absolute Gasteiger partial charge is 0.357 e. The minimum atomic E-state index is -0.510. The van der Waals surface area contributed by atoms with Crippen LogP contribution in [0.2, 0.25) is 0 Å². The number of carbonyl (C=O) groups excluding carboxylic acids is 2. The molecular weight excluding hydrogens is 318 g/mol. The predicted molar refractivity (Wildman–Crippen MR) is 96.9 cm³/mol. The Morgan fingerprint density at radius 1 is 0.800 bits per heavy atom. The first kappa shape index (κ1) is 18.0. The molecule has 2 aromatic rings. The summed E-state index contributed by atoms with van der Waals surface area (Å²) in [4.78, 5) is 27.7. The molecule has 0 atom stereocenters. The van der Waals surface area contributed by atoms with E-state index in [0.717, 1.165) is 11.1 Å². The molecule has 0 unspecified atom stereocenters. The molecular formula is C20H19NO4. The molecule has 0 aromatic heterocycles. The first-order valence-electron chi connectivity index (χ1n) is 7.57. The van der Waals surface area contributed by atoms with E-state index in [1.54, 1.807) is 38.1 Å². The summed E-state index contributed by atoms with van der Waals surface area (Å²) in [5, 5.41) is 0. The van der Waals surface area contributed by atoms with Gasteiger partial charge in [0.05, 0.1) is 5.69 Å². The van der Waals surface area contributed by atoms with Crippen molar-refractivity contribution in [3.63, 3.8) is 0 Å². The Bertz CT molecular complexity index is 805. The van der Waals surface area contributed by atoms with Crippen LogP contribution in [0, 0.1) is 0 Å². The maximum absolute atomic E-state index is 11.5. The van der Waals surface area contributed by atoms with Crippen molar-refractivity contribution >= 4 is 17.6 Å². The van der Waals surface area contributed by atoms with Gasteiger partial charge in [0, 0.05) is 11.1 Å². The van der Waals surface area contributed by atoms with Gasteiger partial charge in [-0.25, -0.2) is 15.1 Å². The number of carbonyl (C=O) groups is 2. The molecule has 0 aliphatic rings. The van der Waals surface area contributed by atoms with E-state index >= 15 is 0 Å². The van der Waals surface area contributed by atoms with Crippen LogP contribution in [0.1, 0.15) is 13.8 Å². The molecule has 0 bridgehead atoms. The second-order valence-electron chi connectivity index (χ2n) is 5.54. The van der Waals surface area contributed by atoms with Crippen LogP contribution >= 0.6 is 0 Å². The summed E-state index contributed by atoms with van der Waals surface area (Å²) in [5.74, 6) is -0.502. The highest BCUT2D eigenvalue weighted by atomic mass is 16.7. The number of benzene rings is 2. The lowest BCUT2D eigenvalue weighted by molar-refractivity contribution is -0.136. The zero-order valence-corrected chi connectivity index (χ0v) is 14.2. The predicted octanol–water partition coefficient (Wildman–Crippen LogP) is 4.28. The van der Waals surface area contributed by atoms with Crippen molar-refractivity contribution < 1.29 is 19.2 Å². The summed E-state index contributed by atoms with van der Waals surface area (Å²) < 4.78 is 5.16. The Labute approximate surface area is 146 Å². The minimum Gasteiger partial charge on any atom is -0.423 e. The van der Waals surface area contributed by atoms with Gasteiger partial charge < -0.3 is 9.57 Å². The zero-order chi connectivity index (χ0) is 18.4. The van der Waals surface area contributed by atoms with Crippen LogP contribution in [-0.4, -0.2) is 11.9 Å². The maximum Gasteiger partial charge on any atom is 0.357 e. The third-order valence-corrected chi connectivity index (χ3v) is 3.24. The largest absolute Gasteiger partial charge is 0.423 e. The summed E-state index contributed by atoms with van der Waals surface area (Å²) >= 11 is 0. The van der Waals surface area contributed by atoms with E-state index in [9.17, 15) is 9.59 Å². The first-order valence-corrected chi connectivity index (χ1v) is 7.57. The van der Waals surface area contributed by atoms with Crippen molar-refractivity contribution in [1.82, 2.24) is 0 Å². The van der Waals surface area contributed by atoms with Gasteiger partial charge in [0.2, 0.25) is 0 Å². The van der Waals surface area contributed by atoms with Gasteiger partial charge in [-0.2, -0.15) is 0 Å². The molecule has 0 fully saturated rings. The Morgan fingerprint density at radius 3 is 1.76 bits per heavy atom. The van der Waals surface area contributed by atoms with Crippen molar-refractivity contribution in [2.24, 2.45) is 0 Å². The molecule has 0 radical (unpaired) electrons. The molecule has 2 aromatic carbocycles. The molecule has 25 heavy (non-hydrogen) atoms. The van der Waals surface area contributed by atoms with Gasteiger partial charge in [0.25, 0.3) is 0 Å². The molecule has 0 saturated heterocycles. The molecule has 5 nitrogen and oxygen atoms in total. The quantitative estimate of drug-likeness (QED) is 0.369. The van der Waals surface area contributed by atoms with Gasteiger partial charge in [0.1, 0.15) is 5.75 Å². The number of ether oxygens (including phenoxy) is 1. The monoisotopic (exact) mass is 337 g/mol. The number of esters is 1. The second kappa shape index (κ2) is 7.97. The van der Waals surface area contributed by atoms with Crippen LogP contribution in [0.15, 0.2) is 72.8 Å². The summed E-state index contributed by atoms with van der Waals surface area (Å²) in [7, 11) is 0. The lowest BCUT2D eigenvalue weighted by Gasteiger charge is -2.08. The van der Waals surface area contributed by atoms with Crippen molar-refractivity contribution in [2.45, 2.75) is 13.8 Å². The lowest BCUT2D eigenvalue weighted by Crippen LogP contribution is -2.10. The highest BCUT2D eigenvalue weighted by Crippen LogP contribution is 2.24. The van der Waals surface area contributed by atoms with Crippen LogP contribution in [0.4, 0.5) is 5.69 Å². The van der Waals surface area contributed by atoms with Gasteiger partial charge >= 0.3 is 11.9 Å². The van der Waals surface area contributed by atoms with Gasteiger partial charge in [-0.1, -0.05) is 37.4 Å². The fraction of sp³-hybridized carbons (Fsp3) is 0.100. The van der Waals surface area contributed by atoms with Gasteiger partial charge in [0.15, 0.2) is 0 Å². The number of anilines is 1. The van der Waals surface area contributed by atoms with Crippen LogP contribution in [0.25, 0.3) is 11.1 Å². The number of hydrogen-bond donors (Lipinski definition) is 1. The van der Waals surface area contributed by atoms with Crippen molar-refractivity contribution in [3.05, 3.63) is 72.8 Å². The Morgan fingerprint density at radius 2 is 1.28 bits per heavy atom. The SMILES string of the molecule is C=C(C)C(=O)ONc1ccc(-c2ccc(OC(=O)C(=C)C)cc2)cc1. The summed E-state index contributed by atoms with van der Waals surface area (Å²) in [5.41, 5.74) is 5.80. The second-order valence-corrected chi connectivity index (χ2v) is 5.54. The van der Waals surface area contributed by atoms with Crippen molar-refractivity contribution in [1.29, 1.82) is 0 Å². The summed E-state index contributed by atoms with van der Waals surface area (Å²) in [6, 6.07) is 14.5. The summed E-state index contributed by atoms with van der Waals surface area (Å²) in [6.07, 6.45) is 0. The highest BCUT2D eigenvalue weighted by Gasteiger charge is 2.06. The van der Waals surface area contributed by atoms with Gasteiger partial charge in [-0.05, 0) is 49.2 Å². The molecule has 0 heterocycles. The van der Waals surface area contributed by atoms with Crippen molar-refractivity contribution in [2.75, 3.05) is 5.48 Å². The van der Waals surface area contributed by atoms with Gasteiger partial charge in [-0.3, -0.25) is 0 Å². The molecule has 0 amide bonds. The minimum absolute atomic E-state index is 0.316. The average Bonchev–Trinajstić information content (AvgIpc) is 2.60. The Hall–Kier alpha value is -3.34. The van der Waals surface area contributed by atoms with Crippen molar-refractivity contribution in [3.8, 4) is 16.9 Å². The third-order valence-electron chi connectivity index (χ3n) is 3.24. The normalized spacial score (nSPS) is 9.84. The lowest BCUT2D eigenvalue weighted by atomic mass is 10.1. The molecule has 128 valence electrons. The standard InChI is InChI=1S/C20H19NO4/c1-13(2)19(22)24-18-11-7-16(8-12-18)15-5-9-17(10-6-15)21-25-20(23)14(3)4/h5-12,21H,1,3H2,2,4H3. The van der Waals surface area contributed by atoms with Crippen LogP contribution in [0.5, 0.6) is 5.75 Å². The third kappa shape index (κ3) is 5.07. The average molecular weight is 337 g/mol. The molecule has 0 saturated carbocycles. The van der Waals surface area contributed by atoms with E-state index < -0.39 is 11.9 Å². The van der Waals surface area contributed by atoms with E-state index in [4.69, 9.17) is 9.57 Å². The molecule has 0 aliphatic heterocycles. The highest BCUT2D eigenvalue weighted by molar-refractivity contribution is 5.89. The van der Waals surface area contributed by atoms with E-state index in [1.165, 1.54) is 0 Å². The maximum atomic E-state index is 11.5. The van der Waals surface area contributed by atoms with E-state index in [2.05, 4.69) is 18.6 Å². The molecule has 0 aliphatic carbocycles. The van der Waals surface area contributed by atoms with E-state index in [0.29, 0.717) is 22.6 Å². The summed E-state index contributed by atoms with van der Waals surface area (Å²) in [6.45, 7) is 10.2. The van der Waals surface area contributed by atoms with Gasteiger partial charge in [-0.15, -0.1) is 0 Å². The van der Waals surface area contributed by atoms with E-state index in [1.807, 2.05) is 24.3 Å². The molecule has 5 heteroatoms. The molecule has 2 rings (SSSR count).